The minimum absolute atomic E-state index is 0. The van der Waals surface area contributed by atoms with Gasteiger partial charge >= 0.3 is 0 Å². The van der Waals surface area contributed by atoms with E-state index in [1.54, 1.807) is 0 Å². The highest BCUT2D eigenvalue weighted by Gasteiger charge is 2.21. The summed E-state index contributed by atoms with van der Waals surface area (Å²) in [6.45, 7) is 4.99. The zero-order valence-electron chi connectivity index (χ0n) is 12.8. The van der Waals surface area contributed by atoms with Crippen molar-refractivity contribution in [2.45, 2.75) is 26.3 Å². The fourth-order valence-corrected chi connectivity index (χ4v) is 2.45. The van der Waals surface area contributed by atoms with Crippen molar-refractivity contribution in [3.05, 3.63) is 23.8 Å². The third-order valence-corrected chi connectivity index (χ3v) is 3.95. The summed E-state index contributed by atoms with van der Waals surface area (Å²) in [5, 5.41) is 3.25. The Kier molecular flexibility index (Phi) is 5.91. The van der Waals surface area contributed by atoms with Crippen LogP contribution in [0.3, 0.4) is 0 Å². The maximum Gasteiger partial charge on any atom is 0.236 e. The van der Waals surface area contributed by atoms with Crippen LogP contribution in [0.1, 0.15) is 25.3 Å². The summed E-state index contributed by atoms with van der Waals surface area (Å²) in [5.74, 6) is 2.49. The van der Waals surface area contributed by atoms with Crippen molar-refractivity contribution in [3.8, 4) is 11.5 Å². The van der Waals surface area contributed by atoms with E-state index in [1.165, 1.54) is 12.8 Å². The normalized spacial score (nSPS) is 15.3. The van der Waals surface area contributed by atoms with Gasteiger partial charge in [0, 0.05) is 13.1 Å². The molecule has 0 saturated heterocycles. The van der Waals surface area contributed by atoms with Crippen molar-refractivity contribution in [1.82, 2.24) is 10.2 Å². The van der Waals surface area contributed by atoms with Crippen molar-refractivity contribution in [1.29, 1.82) is 0 Å². The molecule has 1 aliphatic heterocycles. The predicted octanol–water partition coefficient (Wildman–Crippen LogP) is 2.19. The molecule has 6 heteroatoms. The van der Waals surface area contributed by atoms with E-state index in [0.717, 1.165) is 29.5 Å². The van der Waals surface area contributed by atoms with Gasteiger partial charge in [-0.1, -0.05) is 6.07 Å². The number of fused-ring (bicyclic) bond motifs is 1. The van der Waals surface area contributed by atoms with E-state index in [-0.39, 0.29) is 25.1 Å². The van der Waals surface area contributed by atoms with Gasteiger partial charge in [0.25, 0.3) is 0 Å². The molecule has 0 aromatic heterocycles. The standard InChI is InChI=1S/C16H22N2O3.ClH/c1-2-18(16(19)9-17-8-12-3-4-12)10-13-5-6-14-15(7-13)21-11-20-14;/h5-7,12,17H,2-4,8-11H2,1H3;1H. The average molecular weight is 327 g/mol. The van der Waals surface area contributed by atoms with Gasteiger partial charge in [0.15, 0.2) is 11.5 Å². The summed E-state index contributed by atoms with van der Waals surface area (Å²) in [6, 6.07) is 5.85. The number of carbonyl (C=O) groups excluding carboxylic acids is 1. The van der Waals surface area contributed by atoms with Gasteiger partial charge in [-0.2, -0.15) is 0 Å². The number of carbonyl (C=O) groups is 1. The summed E-state index contributed by atoms with van der Waals surface area (Å²) >= 11 is 0. The Bertz CT molecular complexity index is 520. The second-order valence-electron chi connectivity index (χ2n) is 5.67. The highest BCUT2D eigenvalue weighted by atomic mass is 35.5. The first-order chi connectivity index (χ1) is 10.3. The minimum atomic E-state index is 0. The number of likely N-dealkylation sites (N-methyl/N-ethyl adjacent to an activating group) is 1. The molecule has 1 heterocycles. The van der Waals surface area contributed by atoms with Crippen LogP contribution in [-0.4, -0.2) is 37.2 Å². The molecule has 0 bridgehead atoms. The molecule has 22 heavy (non-hydrogen) atoms. The van der Waals surface area contributed by atoms with Crippen LogP contribution in [0.15, 0.2) is 18.2 Å². The second-order valence-corrected chi connectivity index (χ2v) is 5.67. The van der Waals surface area contributed by atoms with E-state index in [9.17, 15) is 4.79 Å². The first kappa shape index (κ1) is 16.9. The van der Waals surface area contributed by atoms with Crippen molar-refractivity contribution in [3.63, 3.8) is 0 Å². The highest BCUT2D eigenvalue weighted by molar-refractivity contribution is 5.85. The van der Waals surface area contributed by atoms with Gasteiger partial charge in [0.2, 0.25) is 12.7 Å². The lowest BCUT2D eigenvalue weighted by molar-refractivity contribution is -0.130. The lowest BCUT2D eigenvalue weighted by Crippen LogP contribution is -2.38. The number of benzene rings is 1. The molecule has 0 atom stereocenters. The summed E-state index contributed by atoms with van der Waals surface area (Å²) in [6.07, 6.45) is 2.60. The highest BCUT2D eigenvalue weighted by Crippen LogP contribution is 2.32. The number of amides is 1. The van der Waals surface area contributed by atoms with Crippen LogP contribution in [0.25, 0.3) is 0 Å². The molecular weight excluding hydrogens is 304 g/mol. The molecule has 1 amide bonds. The van der Waals surface area contributed by atoms with E-state index >= 15 is 0 Å². The Morgan fingerprint density at radius 1 is 1.32 bits per heavy atom. The van der Waals surface area contributed by atoms with Crippen LogP contribution in [0, 0.1) is 5.92 Å². The SMILES string of the molecule is CCN(Cc1ccc2c(c1)OCO2)C(=O)CNCC1CC1.Cl. The fraction of sp³-hybridized carbons (Fsp3) is 0.562. The molecule has 0 radical (unpaired) electrons. The maximum atomic E-state index is 12.2. The quantitative estimate of drug-likeness (QED) is 0.834. The lowest BCUT2D eigenvalue weighted by Gasteiger charge is -2.21. The molecular formula is C16H23ClN2O3. The van der Waals surface area contributed by atoms with E-state index in [2.05, 4.69) is 5.32 Å². The summed E-state index contributed by atoms with van der Waals surface area (Å²) in [7, 11) is 0. The summed E-state index contributed by atoms with van der Waals surface area (Å²) < 4.78 is 10.7. The van der Waals surface area contributed by atoms with E-state index < -0.39 is 0 Å². The number of nitrogens with zero attached hydrogens (tertiary/aromatic N) is 1. The Labute approximate surface area is 137 Å². The molecule has 1 N–H and O–H groups in total. The van der Waals surface area contributed by atoms with Crippen LogP contribution < -0.4 is 14.8 Å². The van der Waals surface area contributed by atoms with E-state index in [1.807, 2.05) is 30.0 Å². The summed E-state index contributed by atoms with van der Waals surface area (Å²) in [5.41, 5.74) is 1.07. The first-order valence-electron chi connectivity index (χ1n) is 7.63. The zero-order valence-corrected chi connectivity index (χ0v) is 13.7. The number of hydrogen-bond acceptors (Lipinski definition) is 4. The molecule has 1 fully saturated rings. The van der Waals surface area contributed by atoms with Crippen molar-refractivity contribution >= 4 is 18.3 Å². The van der Waals surface area contributed by atoms with Crippen molar-refractivity contribution < 1.29 is 14.3 Å². The molecule has 3 rings (SSSR count). The topological polar surface area (TPSA) is 50.8 Å². The number of halogens is 1. The Morgan fingerprint density at radius 3 is 2.82 bits per heavy atom. The minimum Gasteiger partial charge on any atom is -0.454 e. The van der Waals surface area contributed by atoms with Crippen LogP contribution in [0.4, 0.5) is 0 Å². The van der Waals surface area contributed by atoms with Crippen LogP contribution in [-0.2, 0) is 11.3 Å². The Hall–Kier alpha value is -1.46. The molecule has 1 aromatic rings. The molecule has 1 aliphatic carbocycles. The Morgan fingerprint density at radius 2 is 2.09 bits per heavy atom. The molecule has 0 unspecified atom stereocenters. The van der Waals surface area contributed by atoms with Crippen molar-refractivity contribution in [2.24, 2.45) is 5.92 Å². The number of hydrogen-bond donors (Lipinski definition) is 1. The molecule has 2 aliphatic rings. The fourth-order valence-electron chi connectivity index (χ4n) is 2.45. The van der Waals surface area contributed by atoms with Crippen LogP contribution in [0.2, 0.25) is 0 Å². The van der Waals surface area contributed by atoms with Gasteiger partial charge in [-0.05, 0) is 49.9 Å². The van der Waals surface area contributed by atoms with E-state index in [0.29, 0.717) is 19.6 Å². The third-order valence-electron chi connectivity index (χ3n) is 3.95. The van der Waals surface area contributed by atoms with Crippen molar-refractivity contribution in [2.75, 3.05) is 26.4 Å². The van der Waals surface area contributed by atoms with Gasteiger partial charge in [-0.25, -0.2) is 0 Å². The van der Waals surface area contributed by atoms with E-state index in [4.69, 9.17) is 9.47 Å². The monoisotopic (exact) mass is 326 g/mol. The molecule has 0 spiro atoms. The number of ether oxygens (including phenoxy) is 2. The first-order valence-corrected chi connectivity index (χ1v) is 7.63. The molecule has 122 valence electrons. The number of nitrogens with one attached hydrogen (secondary N) is 1. The predicted molar refractivity (Wildman–Crippen MR) is 86.5 cm³/mol. The van der Waals surface area contributed by atoms with Gasteiger partial charge in [-0.15, -0.1) is 12.4 Å². The maximum absolute atomic E-state index is 12.2. The smallest absolute Gasteiger partial charge is 0.236 e. The average Bonchev–Trinajstić information content (AvgIpc) is 3.19. The number of rotatable bonds is 7. The summed E-state index contributed by atoms with van der Waals surface area (Å²) in [4.78, 5) is 14.1. The zero-order chi connectivity index (χ0) is 14.7. The third kappa shape index (κ3) is 4.27. The van der Waals surface area contributed by atoms with Gasteiger partial charge < -0.3 is 19.7 Å². The molecule has 1 aromatic carbocycles. The van der Waals surface area contributed by atoms with Gasteiger partial charge in [0.1, 0.15) is 0 Å². The second kappa shape index (κ2) is 7.70. The largest absolute Gasteiger partial charge is 0.454 e. The van der Waals surface area contributed by atoms with Gasteiger partial charge in [-0.3, -0.25) is 4.79 Å². The Balaban J connectivity index is 0.00000176. The van der Waals surface area contributed by atoms with Gasteiger partial charge in [0.05, 0.1) is 6.54 Å². The van der Waals surface area contributed by atoms with Crippen LogP contribution >= 0.6 is 12.4 Å². The molecule has 1 saturated carbocycles. The lowest BCUT2D eigenvalue weighted by atomic mass is 10.2. The van der Waals surface area contributed by atoms with Crippen LogP contribution in [0.5, 0.6) is 11.5 Å². The molecule has 5 nitrogen and oxygen atoms in total.